The van der Waals surface area contributed by atoms with Crippen LogP contribution in [-0.2, 0) is 14.6 Å². The van der Waals surface area contributed by atoms with Gasteiger partial charge in [-0.1, -0.05) is 18.7 Å². The molecule has 2 unspecified atom stereocenters. The summed E-state index contributed by atoms with van der Waals surface area (Å²) in [5, 5.41) is 1.84. The van der Waals surface area contributed by atoms with Gasteiger partial charge in [-0.25, -0.2) is 18.4 Å². The smallest absolute Gasteiger partial charge is 0.233 e. The molecule has 3 rings (SSSR count). The molecule has 1 aliphatic heterocycles. The van der Waals surface area contributed by atoms with Crippen molar-refractivity contribution >= 4 is 49.1 Å². The fraction of sp³-hybridized carbons (Fsp3) is 0.611. The first-order valence-electron chi connectivity index (χ1n) is 9.08. The van der Waals surface area contributed by atoms with E-state index in [1.54, 1.807) is 22.6 Å². The van der Waals surface area contributed by atoms with Crippen molar-refractivity contribution in [1.29, 1.82) is 0 Å². The van der Waals surface area contributed by atoms with Gasteiger partial charge in [-0.05, 0) is 39.2 Å². The monoisotopic (exact) mass is 427 g/mol. The van der Waals surface area contributed by atoms with Crippen LogP contribution in [0.15, 0.2) is 11.4 Å². The van der Waals surface area contributed by atoms with Gasteiger partial charge in [-0.2, -0.15) is 0 Å². The van der Waals surface area contributed by atoms with E-state index in [0.29, 0.717) is 6.42 Å². The second kappa shape index (κ2) is 8.05. The lowest BCUT2D eigenvalue weighted by Crippen LogP contribution is -2.47. The molecule has 9 heteroatoms. The topological polar surface area (TPSA) is 80.2 Å². The van der Waals surface area contributed by atoms with Crippen molar-refractivity contribution in [2.24, 2.45) is 0 Å². The highest BCUT2D eigenvalue weighted by molar-refractivity contribution is 8.00. The van der Waals surface area contributed by atoms with Crippen LogP contribution in [-0.4, -0.2) is 58.5 Å². The summed E-state index contributed by atoms with van der Waals surface area (Å²) in [5.74, 6) is 0.480. The minimum atomic E-state index is -3.03. The van der Waals surface area contributed by atoms with Gasteiger partial charge in [0.15, 0.2) is 9.84 Å². The van der Waals surface area contributed by atoms with Gasteiger partial charge in [-0.3, -0.25) is 4.79 Å². The third kappa shape index (κ3) is 4.30. The SMILES string of the molecule is CCC(C)N(C(=O)CSc1ncnc2sc(C)c(C)c12)C1CCS(=O)(=O)C1. The molecule has 0 N–H and O–H groups in total. The zero-order valence-electron chi connectivity index (χ0n) is 16.1. The first kappa shape index (κ1) is 20.5. The molecule has 1 fully saturated rings. The molecular weight excluding hydrogens is 402 g/mol. The average molecular weight is 428 g/mol. The van der Waals surface area contributed by atoms with Crippen LogP contribution in [0.5, 0.6) is 0 Å². The number of carbonyl (C=O) groups is 1. The number of aromatic nitrogens is 2. The lowest BCUT2D eigenvalue weighted by atomic mass is 10.1. The molecule has 2 atom stereocenters. The Kier molecular flexibility index (Phi) is 6.12. The highest BCUT2D eigenvalue weighted by atomic mass is 32.2. The van der Waals surface area contributed by atoms with Gasteiger partial charge in [0, 0.05) is 22.3 Å². The van der Waals surface area contributed by atoms with Gasteiger partial charge in [-0.15, -0.1) is 11.3 Å². The second-order valence-corrected chi connectivity index (χ2v) is 11.4. The van der Waals surface area contributed by atoms with Gasteiger partial charge in [0.05, 0.1) is 17.3 Å². The predicted octanol–water partition coefficient (Wildman–Crippen LogP) is 3.21. The van der Waals surface area contributed by atoms with Crippen LogP contribution in [0.4, 0.5) is 0 Å². The Balaban J connectivity index is 1.79. The largest absolute Gasteiger partial charge is 0.335 e. The number of nitrogens with zero attached hydrogens (tertiary/aromatic N) is 3. The Bertz CT molecular complexity index is 955. The predicted molar refractivity (Wildman–Crippen MR) is 111 cm³/mol. The number of carbonyl (C=O) groups excluding carboxylic acids is 1. The lowest BCUT2D eigenvalue weighted by molar-refractivity contribution is -0.132. The Labute approximate surface area is 168 Å². The van der Waals surface area contributed by atoms with Gasteiger partial charge in [0.1, 0.15) is 16.2 Å². The molecule has 0 radical (unpaired) electrons. The summed E-state index contributed by atoms with van der Waals surface area (Å²) in [5.41, 5.74) is 1.16. The highest BCUT2D eigenvalue weighted by Gasteiger charge is 2.36. The minimum absolute atomic E-state index is 0.0203. The number of thiophene rings is 1. The molecule has 148 valence electrons. The minimum Gasteiger partial charge on any atom is -0.335 e. The molecule has 3 heterocycles. The van der Waals surface area contributed by atoms with E-state index in [1.165, 1.54) is 16.6 Å². The maximum atomic E-state index is 13.0. The molecule has 6 nitrogen and oxygen atoms in total. The standard InChI is InChI=1S/C18H25N3O3S3/c1-5-11(2)21(14-6-7-27(23,24)9-14)15(22)8-25-17-16-12(3)13(4)26-18(16)20-10-19-17/h10-11,14H,5-9H2,1-4H3. The number of rotatable bonds is 6. The maximum absolute atomic E-state index is 13.0. The molecule has 1 amide bonds. The molecular formula is C18H25N3O3S3. The Hall–Kier alpha value is -1.19. The van der Waals surface area contributed by atoms with E-state index >= 15 is 0 Å². The fourth-order valence-corrected chi connectivity index (χ4v) is 7.16. The zero-order valence-corrected chi connectivity index (χ0v) is 18.5. The molecule has 1 saturated heterocycles. The number of hydrogen-bond donors (Lipinski definition) is 0. The molecule has 0 saturated carbocycles. The van der Waals surface area contributed by atoms with E-state index in [1.807, 2.05) is 13.8 Å². The summed E-state index contributed by atoms with van der Waals surface area (Å²) in [6.07, 6.45) is 2.87. The fourth-order valence-electron chi connectivity index (χ4n) is 3.46. The first-order chi connectivity index (χ1) is 12.7. The normalized spacial score (nSPS) is 20.1. The van der Waals surface area contributed by atoms with Crippen LogP contribution < -0.4 is 0 Å². The van der Waals surface area contributed by atoms with Crippen molar-refractivity contribution in [2.45, 2.75) is 57.6 Å². The number of hydrogen-bond acceptors (Lipinski definition) is 7. The summed E-state index contributed by atoms with van der Waals surface area (Å²) in [6.45, 7) is 8.13. The van der Waals surface area contributed by atoms with Crippen molar-refractivity contribution in [3.63, 3.8) is 0 Å². The Morgan fingerprint density at radius 2 is 2.15 bits per heavy atom. The van der Waals surface area contributed by atoms with E-state index < -0.39 is 9.84 Å². The number of aryl methyl sites for hydroxylation is 2. The van der Waals surface area contributed by atoms with Crippen LogP contribution in [0, 0.1) is 13.8 Å². The lowest BCUT2D eigenvalue weighted by Gasteiger charge is -2.33. The van der Waals surface area contributed by atoms with E-state index in [-0.39, 0.29) is 35.2 Å². The third-order valence-corrected chi connectivity index (χ3v) is 9.06. The van der Waals surface area contributed by atoms with Crippen molar-refractivity contribution in [3.8, 4) is 0 Å². The van der Waals surface area contributed by atoms with Crippen molar-refractivity contribution < 1.29 is 13.2 Å². The van der Waals surface area contributed by atoms with Crippen LogP contribution in [0.2, 0.25) is 0 Å². The van der Waals surface area contributed by atoms with Crippen molar-refractivity contribution in [3.05, 3.63) is 16.8 Å². The summed E-state index contributed by atoms with van der Waals surface area (Å²) in [7, 11) is -3.03. The zero-order chi connectivity index (χ0) is 19.8. The first-order valence-corrected chi connectivity index (χ1v) is 12.7. The molecule has 0 aromatic carbocycles. The number of sulfone groups is 1. The summed E-state index contributed by atoms with van der Waals surface area (Å²) >= 11 is 3.05. The second-order valence-electron chi connectivity index (χ2n) is 7.05. The molecule has 27 heavy (non-hydrogen) atoms. The highest BCUT2D eigenvalue weighted by Crippen LogP contribution is 2.34. The van der Waals surface area contributed by atoms with Gasteiger partial charge in [0.2, 0.25) is 5.91 Å². The van der Waals surface area contributed by atoms with Crippen LogP contribution in [0.3, 0.4) is 0 Å². The van der Waals surface area contributed by atoms with Crippen LogP contribution in [0.25, 0.3) is 10.2 Å². The van der Waals surface area contributed by atoms with E-state index in [0.717, 1.165) is 27.2 Å². The van der Waals surface area contributed by atoms with Crippen LogP contribution >= 0.6 is 23.1 Å². The molecule has 0 spiro atoms. The molecule has 1 aliphatic rings. The van der Waals surface area contributed by atoms with E-state index in [2.05, 4.69) is 23.8 Å². The molecule has 2 aromatic rings. The van der Waals surface area contributed by atoms with Gasteiger partial charge >= 0.3 is 0 Å². The number of amides is 1. The van der Waals surface area contributed by atoms with E-state index in [9.17, 15) is 13.2 Å². The third-order valence-electron chi connectivity index (χ3n) is 5.22. The Morgan fingerprint density at radius 3 is 2.78 bits per heavy atom. The number of fused-ring (bicyclic) bond motifs is 1. The van der Waals surface area contributed by atoms with Gasteiger partial charge < -0.3 is 4.90 Å². The van der Waals surface area contributed by atoms with Crippen molar-refractivity contribution in [1.82, 2.24) is 14.9 Å². The quantitative estimate of drug-likeness (QED) is 0.520. The number of thioether (sulfide) groups is 1. The van der Waals surface area contributed by atoms with Crippen molar-refractivity contribution in [2.75, 3.05) is 17.3 Å². The summed E-state index contributed by atoms with van der Waals surface area (Å²) in [6, 6.07) is -0.194. The van der Waals surface area contributed by atoms with Gasteiger partial charge in [0.25, 0.3) is 0 Å². The Morgan fingerprint density at radius 1 is 1.41 bits per heavy atom. The van der Waals surface area contributed by atoms with Crippen LogP contribution in [0.1, 0.15) is 37.1 Å². The maximum Gasteiger partial charge on any atom is 0.233 e. The molecule has 0 aliphatic carbocycles. The summed E-state index contributed by atoms with van der Waals surface area (Å²) in [4.78, 5) is 25.7. The molecule has 2 aromatic heterocycles. The average Bonchev–Trinajstić information content (AvgIpc) is 3.12. The van der Waals surface area contributed by atoms with E-state index in [4.69, 9.17) is 0 Å². The summed E-state index contributed by atoms with van der Waals surface area (Å²) < 4.78 is 23.8. The molecule has 0 bridgehead atoms.